The number of aryl methyl sites for hydroxylation is 3. The van der Waals surface area contributed by atoms with E-state index in [0.717, 1.165) is 16.9 Å². The lowest BCUT2D eigenvalue weighted by atomic mass is 10.0. The molecule has 3 rings (SSSR count). The Kier molecular flexibility index (Phi) is 5.65. The molecule has 0 radical (unpaired) electrons. The largest absolute Gasteiger partial charge is 0.478 e. The summed E-state index contributed by atoms with van der Waals surface area (Å²) in [5.41, 5.74) is -2.67. The van der Waals surface area contributed by atoms with E-state index in [9.17, 15) is 31.1 Å². The first-order chi connectivity index (χ1) is 18.2. The highest BCUT2D eigenvalue weighted by molar-refractivity contribution is 5.81. The normalized spacial score (nSPS) is 15.0. The number of alkyl halides is 6. The molecule has 13 heteroatoms. The number of carbonyl (C=O) groups is 1. The van der Waals surface area contributed by atoms with Gasteiger partial charge in [0.2, 0.25) is 5.88 Å². The van der Waals surface area contributed by atoms with Gasteiger partial charge < -0.3 is 4.74 Å². The van der Waals surface area contributed by atoms with Crippen LogP contribution in [0.1, 0.15) is 48.3 Å². The van der Waals surface area contributed by atoms with Crippen molar-refractivity contribution in [2.45, 2.75) is 45.4 Å². The van der Waals surface area contributed by atoms with Crippen LogP contribution < -0.4 is 4.74 Å². The molecule has 35 heavy (non-hydrogen) atoms. The third-order valence-electron chi connectivity index (χ3n) is 4.76. The van der Waals surface area contributed by atoms with Gasteiger partial charge in [0.15, 0.2) is 5.69 Å². The minimum Gasteiger partial charge on any atom is -0.478 e. The van der Waals surface area contributed by atoms with Crippen molar-refractivity contribution in [2.75, 3.05) is 6.56 Å². The summed E-state index contributed by atoms with van der Waals surface area (Å²) in [5.74, 6) is -1.54. The first-order valence-corrected chi connectivity index (χ1v) is 9.90. The van der Waals surface area contributed by atoms with E-state index in [1.807, 2.05) is 0 Å². The highest BCUT2D eigenvalue weighted by Crippen LogP contribution is 2.36. The van der Waals surface area contributed by atoms with Gasteiger partial charge in [0, 0.05) is 36.3 Å². The molecule has 0 aliphatic carbocycles. The molecule has 3 heterocycles. The summed E-state index contributed by atoms with van der Waals surface area (Å²) >= 11 is 0. The second-order valence-corrected chi connectivity index (χ2v) is 7.55. The summed E-state index contributed by atoms with van der Waals surface area (Å²) in [7, 11) is 1.32. The molecule has 0 spiro atoms. The van der Waals surface area contributed by atoms with Crippen molar-refractivity contribution in [2.24, 2.45) is 7.05 Å². The Morgan fingerprint density at radius 2 is 1.89 bits per heavy atom. The van der Waals surface area contributed by atoms with Crippen molar-refractivity contribution in [3.63, 3.8) is 0 Å². The summed E-state index contributed by atoms with van der Waals surface area (Å²) < 4.78 is 122. The van der Waals surface area contributed by atoms with Gasteiger partial charge in [0.05, 0.1) is 26.3 Å². The Bertz CT molecular complexity index is 1410. The highest BCUT2D eigenvalue weighted by atomic mass is 19.4. The maximum Gasteiger partial charge on any atom is 0.435 e. The molecule has 7 nitrogen and oxygen atoms in total. The Balaban J connectivity index is 1.76. The van der Waals surface area contributed by atoms with Crippen molar-refractivity contribution in [3.05, 3.63) is 52.6 Å². The maximum absolute atomic E-state index is 13.3. The number of hydrogen-bond acceptors (Lipinski definition) is 6. The van der Waals surface area contributed by atoms with E-state index < -0.39 is 55.2 Å². The second kappa shape index (κ2) is 10.0. The van der Waals surface area contributed by atoms with Crippen molar-refractivity contribution in [1.29, 1.82) is 0 Å². The fourth-order valence-corrected chi connectivity index (χ4v) is 3.29. The Hall–Kier alpha value is -3.51. The molecule has 188 valence electrons. The monoisotopic (exact) mass is 506 g/mol. The van der Waals surface area contributed by atoms with Gasteiger partial charge in [0.25, 0.3) is 0 Å². The van der Waals surface area contributed by atoms with Crippen LogP contribution in [0.2, 0.25) is 0 Å². The predicted octanol–water partition coefficient (Wildman–Crippen LogP) is 4.76. The fourth-order valence-electron chi connectivity index (χ4n) is 3.29. The van der Waals surface area contributed by atoms with Crippen LogP contribution in [0.15, 0.2) is 24.4 Å². The summed E-state index contributed by atoms with van der Waals surface area (Å²) in [6.07, 6.45) is -9.41. The van der Waals surface area contributed by atoms with Gasteiger partial charge in [-0.3, -0.25) is 9.48 Å². The first-order valence-electron chi connectivity index (χ1n) is 12.4. The van der Waals surface area contributed by atoms with Crippen molar-refractivity contribution in [1.82, 2.24) is 25.0 Å². The number of ether oxygens (including phenoxy) is 1. The maximum atomic E-state index is 13.3. The van der Waals surface area contributed by atoms with Gasteiger partial charge in [0.1, 0.15) is 11.5 Å². The van der Waals surface area contributed by atoms with Crippen LogP contribution in [0.4, 0.5) is 26.3 Å². The standard InChI is InChI=1S/C22H21F6N5O2/c1-4-35-18-10-13(9-17(29-18)21(23,24)25)8-15(34)6-5-14-7-12(2)19(31-30-14)16-11-33(3)32-20(16)22(26,27)28/h7,9-11H,4-6,8H2,1-3H3/i1D3,4D2. The molecule has 0 N–H and O–H groups in total. The van der Waals surface area contributed by atoms with E-state index in [1.54, 1.807) is 0 Å². The van der Waals surface area contributed by atoms with Gasteiger partial charge in [-0.15, -0.1) is 5.10 Å². The van der Waals surface area contributed by atoms with E-state index in [4.69, 9.17) is 6.85 Å². The van der Waals surface area contributed by atoms with Crippen LogP contribution in [0, 0.1) is 6.92 Å². The summed E-state index contributed by atoms with van der Waals surface area (Å²) in [5, 5.41) is 11.2. The number of rotatable bonds is 8. The molecule has 0 unspecified atom stereocenters. The van der Waals surface area contributed by atoms with E-state index in [1.165, 1.54) is 20.0 Å². The lowest BCUT2D eigenvalue weighted by Crippen LogP contribution is -2.12. The van der Waals surface area contributed by atoms with Gasteiger partial charge in [-0.25, -0.2) is 4.98 Å². The third kappa shape index (κ3) is 6.55. The molecular formula is C22H21F6N5O2. The van der Waals surface area contributed by atoms with Gasteiger partial charge in [-0.05, 0) is 43.5 Å². The molecule has 0 saturated carbocycles. The number of halogens is 6. The molecule has 0 saturated heterocycles. The minimum atomic E-state index is -5.00. The van der Waals surface area contributed by atoms with E-state index in [0.29, 0.717) is 11.6 Å². The average molecular weight is 506 g/mol. The van der Waals surface area contributed by atoms with Crippen LogP contribution >= 0.6 is 0 Å². The first kappa shape index (κ1) is 19.8. The number of pyridine rings is 1. The Morgan fingerprint density at radius 1 is 1.14 bits per heavy atom. The third-order valence-corrected chi connectivity index (χ3v) is 4.76. The molecule has 0 atom stereocenters. The molecular weight excluding hydrogens is 480 g/mol. The molecule has 0 bridgehead atoms. The van der Waals surface area contributed by atoms with Crippen LogP contribution in [-0.2, 0) is 37.0 Å². The highest BCUT2D eigenvalue weighted by Gasteiger charge is 2.38. The summed E-state index contributed by atoms with van der Waals surface area (Å²) in [6.45, 7) is -5.19. The average Bonchev–Trinajstić information content (AvgIpc) is 3.18. The number of nitrogens with zero attached hydrogens (tertiary/aromatic N) is 5. The number of Topliss-reactive ketones (excluding diaryl/α,β-unsaturated/α-hetero) is 1. The summed E-state index contributed by atoms with van der Waals surface area (Å²) in [6, 6.07) is 2.82. The van der Waals surface area contributed by atoms with Gasteiger partial charge >= 0.3 is 12.4 Å². The second-order valence-electron chi connectivity index (χ2n) is 7.55. The molecule has 0 aliphatic rings. The molecule has 3 aromatic rings. The van der Waals surface area contributed by atoms with E-state index in [-0.39, 0.29) is 35.4 Å². The van der Waals surface area contributed by atoms with Crippen LogP contribution in [-0.4, -0.2) is 37.3 Å². The molecule has 0 fully saturated rings. The predicted molar refractivity (Wildman–Crippen MR) is 111 cm³/mol. The summed E-state index contributed by atoms with van der Waals surface area (Å²) in [4.78, 5) is 15.7. The zero-order chi connectivity index (χ0) is 30.3. The smallest absolute Gasteiger partial charge is 0.435 e. The fraction of sp³-hybridized carbons (Fsp3) is 0.409. The topological polar surface area (TPSA) is 82.8 Å². The zero-order valence-electron chi connectivity index (χ0n) is 23.3. The van der Waals surface area contributed by atoms with E-state index >= 15 is 0 Å². The lowest BCUT2D eigenvalue weighted by molar-refractivity contribution is -0.142. The van der Waals surface area contributed by atoms with E-state index in [2.05, 4.69) is 25.0 Å². The number of hydrogen-bond donors (Lipinski definition) is 0. The van der Waals surface area contributed by atoms with Crippen molar-refractivity contribution < 1.29 is 42.7 Å². The van der Waals surface area contributed by atoms with Crippen molar-refractivity contribution >= 4 is 5.78 Å². The number of carbonyl (C=O) groups excluding carboxylic acids is 1. The molecule has 0 amide bonds. The molecule has 0 aliphatic heterocycles. The molecule has 3 aromatic heterocycles. The SMILES string of the molecule is [2H]C([2H])([2H])C([2H])([2H])Oc1cc(CC(=O)CCc2cc(C)c(-c3cn(C)nc3C(F)(F)F)nn2)cc(C(F)(F)F)n1. The van der Waals surface area contributed by atoms with Crippen LogP contribution in [0.5, 0.6) is 5.88 Å². The van der Waals surface area contributed by atoms with Crippen molar-refractivity contribution in [3.8, 4) is 17.1 Å². The number of aromatic nitrogens is 5. The minimum absolute atomic E-state index is 0.0334. The zero-order valence-corrected chi connectivity index (χ0v) is 18.3. The van der Waals surface area contributed by atoms with Crippen LogP contribution in [0.3, 0.4) is 0 Å². The molecule has 0 aromatic carbocycles. The Labute approximate surface area is 203 Å². The van der Waals surface area contributed by atoms with Crippen LogP contribution in [0.25, 0.3) is 11.3 Å². The number of ketones is 1. The quantitative estimate of drug-likeness (QED) is 0.410. The lowest BCUT2D eigenvalue weighted by Gasteiger charge is -2.11. The van der Waals surface area contributed by atoms with Gasteiger partial charge in [-0.2, -0.15) is 36.5 Å². The van der Waals surface area contributed by atoms with Gasteiger partial charge in [-0.1, -0.05) is 0 Å². The Morgan fingerprint density at radius 3 is 2.51 bits per heavy atom.